The zero-order chi connectivity index (χ0) is 13.1. The number of ketones is 1. The lowest BCUT2D eigenvalue weighted by molar-refractivity contribution is 0.104. The van der Waals surface area contributed by atoms with Gasteiger partial charge in [-0.15, -0.1) is 13.2 Å². The van der Waals surface area contributed by atoms with Gasteiger partial charge >= 0.3 is 0 Å². The predicted octanol–water partition coefficient (Wildman–Crippen LogP) is 4.85. The van der Waals surface area contributed by atoms with E-state index in [1.165, 1.54) is 6.08 Å². The molecule has 0 atom stereocenters. The minimum atomic E-state index is -0.0656. The van der Waals surface area contributed by atoms with E-state index in [2.05, 4.69) is 19.7 Å². The summed E-state index contributed by atoms with van der Waals surface area (Å²) >= 11 is 5.73. The topological polar surface area (TPSA) is 17.1 Å². The van der Waals surface area contributed by atoms with Gasteiger partial charge in [0.2, 0.25) is 0 Å². The van der Waals surface area contributed by atoms with Crippen LogP contribution in [0.15, 0.2) is 44.0 Å². The van der Waals surface area contributed by atoms with Gasteiger partial charge in [0.1, 0.15) is 0 Å². The van der Waals surface area contributed by atoms with Crippen LogP contribution < -0.4 is 0 Å². The Balaban J connectivity index is 0. The first-order valence-corrected chi connectivity index (χ1v) is 5.46. The SMILES string of the molecule is C=C.C=CC(=O)c1ccc(Cl)cc1C.CC. The van der Waals surface area contributed by atoms with Gasteiger partial charge in [0.05, 0.1) is 0 Å². The Morgan fingerprint density at radius 1 is 1.31 bits per heavy atom. The molecular weight excluding hydrogens is 220 g/mol. The normalized spacial score (nSPS) is 7.75. The number of benzene rings is 1. The molecule has 0 N–H and O–H groups in total. The van der Waals surface area contributed by atoms with E-state index in [0.717, 1.165) is 5.56 Å². The highest BCUT2D eigenvalue weighted by atomic mass is 35.5. The van der Waals surface area contributed by atoms with Crippen molar-refractivity contribution in [3.63, 3.8) is 0 Å². The first-order valence-electron chi connectivity index (χ1n) is 5.08. The highest BCUT2D eigenvalue weighted by Crippen LogP contribution is 2.15. The monoisotopic (exact) mass is 238 g/mol. The van der Waals surface area contributed by atoms with Crippen molar-refractivity contribution in [3.8, 4) is 0 Å². The maximum Gasteiger partial charge on any atom is 0.185 e. The number of halogens is 1. The molecule has 0 heterocycles. The fourth-order valence-corrected chi connectivity index (χ4v) is 1.24. The Bertz CT molecular complexity index is 343. The van der Waals surface area contributed by atoms with E-state index in [4.69, 9.17) is 11.6 Å². The Morgan fingerprint density at radius 2 is 1.81 bits per heavy atom. The molecule has 1 aromatic carbocycles. The molecule has 0 amide bonds. The van der Waals surface area contributed by atoms with Crippen LogP contribution in [0.4, 0.5) is 0 Å². The van der Waals surface area contributed by atoms with E-state index in [9.17, 15) is 4.79 Å². The largest absolute Gasteiger partial charge is 0.289 e. The molecule has 1 aromatic rings. The zero-order valence-electron chi connectivity index (χ0n) is 10.2. The molecular formula is C14H19ClO. The molecule has 16 heavy (non-hydrogen) atoms. The van der Waals surface area contributed by atoms with Crippen LogP contribution in [0.1, 0.15) is 29.8 Å². The van der Waals surface area contributed by atoms with E-state index in [0.29, 0.717) is 10.6 Å². The average Bonchev–Trinajstić information content (AvgIpc) is 2.33. The first kappa shape index (κ1) is 17.1. The van der Waals surface area contributed by atoms with Gasteiger partial charge in [-0.2, -0.15) is 0 Å². The van der Waals surface area contributed by atoms with Crippen molar-refractivity contribution < 1.29 is 4.79 Å². The lowest BCUT2D eigenvalue weighted by atomic mass is 10.1. The molecule has 0 fully saturated rings. The number of carbonyl (C=O) groups is 1. The molecule has 0 aliphatic rings. The Hall–Kier alpha value is -1.34. The van der Waals surface area contributed by atoms with E-state index >= 15 is 0 Å². The summed E-state index contributed by atoms with van der Waals surface area (Å²) in [6.45, 7) is 15.3. The molecule has 88 valence electrons. The second kappa shape index (κ2) is 10.2. The molecule has 0 saturated heterocycles. The molecule has 1 nitrogen and oxygen atoms in total. The maximum atomic E-state index is 11.2. The standard InChI is InChI=1S/C10H9ClO.C2H6.C2H4/c1-3-10(12)9-5-4-8(11)6-7(9)2;2*1-2/h3-6H,1H2,2H3;1-2H3;1-2H2. The average molecular weight is 239 g/mol. The summed E-state index contributed by atoms with van der Waals surface area (Å²) in [6, 6.07) is 5.17. The molecule has 0 aromatic heterocycles. The molecule has 1 rings (SSSR count). The third kappa shape index (κ3) is 5.52. The quantitative estimate of drug-likeness (QED) is 0.409. The molecule has 0 aliphatic heterocycles. The lowest BCUT2D eigenvalue weighted by Crippen LogP contribution is -1.96. The summed E-state index contributed by atoms with van der Waals surface area (Å²) in [5.41, 5.74) is 1.54. The van der Waals surface area contributed by atoms with Gasteiger partial charge in [-0.05, 0) is 36.8 Å². The third-order valence-corrected chi connectivity index (χ3v) is 1.87. The van der Waals surface area contributed by atoms with Gasteiger partial charge in [0.25, 0.3) is 0 Å². The van der Waals surface area contributed by atoms with Crippen molar-refractivity contribution in [2.75, 3.05) is 0 Å². The summed E-state index contributed by atoms with van der Waals surface area (Å²) in [7, 11) is 0. The van der Waals surface area contributed by atoms with Crippen LogP contribution in [0, 0.1) is 6.92 Å². The highest BCUT2D eigenvalue weighted by Gasteiger charge is 2.04. The maximum absolute atomic E-state index is 11.2. The van der Waals surface area contributed by atoms with Crippen molar-refractivity contribution in [2.24, 2.45) is 0 Å². The van der Waals surface area contributed by atoms with E-state index < -0.39 is 0 Å². The summed E-state index contributed by atoms with van der Waals surface area (Å²) in [5.74, 6) is -0.0656. The molecule has 2 heteroatoms. The van der Waals surface area contributed by atoms with Gasteiger partial charge in [-0.25, -0.2) is 0 Å². The molecule has 0 aliphatic carbocycles. The number of rotatable bonds is 2. The number of aryl methyl sites for hydroxylation is 1. The van der Waals surface area contributed by atoms with Crippen LogP contribution in [0.2, 0.25) is 5.02 Å². The van der Waals surface area contributed by atoms with Crippen LogP contribution in [0.5, 0.6) is 0 Å². The molecule has 0 bridgehead atoms. The first-order chi connectivity index (χ1) is 7.65. The summed E-state index contributed by atoms with van der Waals surface area (Å²) in [4.78, 5) is 11.2. The Labute approximate surface area is 103 Å². The van der Waals surface area contributed by atoms with Crippen molar-refractivity contribution in [3.05, 3.63) is 60.2 Å². The smallest absolute Gasteiger partial charge is 0.185 e. The molecule has 0 unspecified atom stereocenters. The summed E-state index contributed by atoms with van der Waals surface area (Å²) in [6.07, 6.45) is 1.30. The van der Waals surface area contributed by atoms with Gasteiger partial charge < -0.3 is 0 Å². The summed E-state index contributed by atoms with van der Waals surface area (Å²) in [5, 5.41) is 0.646. The fraction of sp³-hybridized carbons (Fsp3) is 0.214. The molecule has 0 spiro atoms. The Kier molecular flexibility index (Phi) is 10.9. The van der Waals surface area contributed by atoms with Gasteiger partial charge in [0, 0.05) is 10.6 Å². The molecule has 0 saturated carbocycles. The van der Waals surface area contributed by atoms with Crippen molar-refractivity contribution >= 4 is 17.4 Å². The predicted molar refractivity (Wildman–Crippen MR) is 73.3 cm³/mol. The highest BCUT2D eigenvalue weighted by molar-refractivity contribution is 6.30. The third-order valence-electron chi connectivity index (χ3n) is 1.64. The van der Waals surface area contributed by atoms with E-state index in [1.54, 1.807) is 18.2 Å². The van der Waals surface area contributed by atoms with Gasteiger partial charge in [0.15, 0.2) is 5.78 Å². The van der Waals surface area contributed by atoms with Gasteiger partial charge in [-0.3, -0.25) is 4.79 Å². The van der Waals surface area contributed by atoms with Crippen molar-refractivity contribution in [2.45, 2.75) is 20.8 Å². The van der Waals surface area contributed by atoms with Crippen LogP contribution in [-0.2, 0) is 0 Å². The Morgan fingerprint density at radius 3 is 2.19 bits per heavy atom. The van der Waals surface area contributed by atoms with E-state index in [-0.39, 0.29) is 5.78 Å². The second-order valence-corrected chi connectivity index (χ2v) is 2.96. The van der Waals surface area contributed by atoms with Crippen LogP contribution in [-0.4, -0.2) is 5.78 Å². The van der Waals surface area contributed by atoms with Gasteiger partial charge in [-0.1, -0.05) is 32.0 Å². The minimum Gasteiger partial charge on any atom is -0.289 e. The summed E-state index contributed by atoms with van der Waals surface area (Å²) < 4.78 is 0. The lowest BCUT2D eigenvalue weighted by Gasteiger charge is -2.00. The van der Waals surface area contributed by atoms with Crippen LogP contribution >= 0.6 is 11.6 Å². The van der Waals surface area contributed by atoms with Crippen LogP contribution in [0.3, 0.4) is 0 Å². The number of carbonyl (C=O) groups excluding carboxylic acids is 1. The minimum absolute atomic E-state index is 0.0656. The fourth-order valence-electron chi connectivity index (χ4n) is 1.01. The number of allylic oxidation sites excluding steroid dienone is 1. The second-order valence-electron chi connectivity index (χ2n) is 2.53. The number of hydrogen-bond donors (Lipinski definition) is 0. The van der Waals surface area contributed by atoms with Crippen molar-refractivity contribution in [1.82, 2.24) is 0 Å². The van der Waals surface area contributed by atoms with Crippen molar-refractivity contribution in [1.29, 1.82) is 0 Å². The van der Waals surface area contributed by atoms with Crippen LogP contribution in [0.25, 0.3) is 0 Å². The zero-order valence-corrected chi connectivity index (χ0v) is 11.0. The number of hydrogen-bond acceptors (Lipinski definition) is 1. The van der Waals surface area contributed by atoms with E-state index in [1.807, 2.05) is 20.8 Å². The molecule has 0 radical (unpaired) electrons.